The largest absolute Gasteiger partial charge is 0.486 e. The third kappa shape index (κ3) is 2.40. The first kappa shape index (κ1) is 11.6. The van der Waals surface area contributed by atoms with Gasteiger partial charge in [0.15, 0.2) is 5.82 Å². The van der Waals surface area contributed by atoms with Crippen LogP contribution in [0, 0.1) is 0 Å². The number of rotatable bonds is 3. The van der Waals surface area contributed by atoms with Crippen molar-refractivity contribution in [2.45, 2.75) is 19.4 Å². The molecular weight excluding hydrogens is 242 g/mol. The third-order valence-corrected chi connectivity index (χ3v) is 3.13. The molecule has 1 N–H and O–H groups in total. The summed E-state index contributed by atoms with van der Waals surface area (Å²) in [5.41, 5.74) is 2.90. The molecule has 0 spiro atoms. The van der Waals surface area contributed by atoms with Crippen LogP contribution >= 0.6 is 0 Å². The lowest BCUT2D eigenvalue weighted by molar-refractivity contribution is 0.295. The molecule has 1 heterocycles. The Morgan fingerprint density at radius 2 is 2.05 bits per heavy atom. The fraction of sp³-hybridized carbons (Fsp3) is 0.214. The van der Waals surface area contributed by atoms with Gasteiger partial charge in [-0.25, -0.2) is 9.97 Å². The SMILES string of the molecule is O/N=C1/CCc2cc(OCc3ncccn3)ccc21. The van der Waals surface area contributed by atoms with E-state index in [0.29, 0.717) is 12.4 Å². The number of benzene rings is 1. The van der Waals surface area contributed by atoms with Gasteiger partial charge in [0.25, 0.3) is 0 Å². The minimum atomic E-state index is 0.348. The normalized spacial score (nSPS) is 15.5. The molecule has 5 nitrogen and oxygen atoms in total. The molecule has 2 aromatic rings. The van der Waals surface area contributed by atoms with E-state index in [4.69, 9.17) is 9.94 Å². The fourth-order valence-corrected chi connectivity index (χ4v) is 2.19. The summed E-state index contributed by atoms with van der Waals surface area (Å²) in [5, 5.41) is 12.2. The van der Waals surface area contributed by atoms with Crippen LogP contribution in [-0.4, -0.2) is 20.9 Å². The van der Waals surface area contributed by atoms with Crippen molar-refractivity contribution in [1.82, 2.24) is 9.97 Å². The van der Waals surface area contributed by atoms with E-state index in [-0.39, 0.29) is 0 Å². The second-order valence-electron chi connectivity index (χ2n) is 4.32. The summed E-state index contributed by atoms with van der Waals surface area (Å²) in [4.78, 5) is 8.21. The second kappa shape index (κ2) is 5.06. The van der Waals surface area contributed by atoms with Crippen LogP contribution in [0.1, 0.15) is 23.4 Å². The number of hydrogen-bond acceptors (Lipinski definition) is 5. The van der Waals surface area contributed by atoms with Gasteiger partial charge in [-0.2, -0.15) is 0 Å². The van der Waals surface area contributed by atoms with Crippen LogP contribution in [-0.2, 0) is 13.0 Å². The lowest BCUT2D eigenvalue weighted by atomic mass is 10.1. The number of hydrogen-bond donors (Lipinski definition) is 1. The van der Waals surface area contributed by atoms with Gasteiger partial charge in [-0.3, -0.25) is 0 Å². The quantitative estimate of drug-likeness (QED) is 0.674. The number of aryl methyl sites for hydroxylation is 1. The van der Waals surface area contributed by atoms with Gasteiger partial charge in [0.2, 0.25) is 0 Å². The van der Waals surface area contributed by atoms with Crippen LogP contribution in [0.15, 0.2) is 41.8 Å². The van der Waals surface area contributed by atoms with E-state index >= 15 is 0 Å². The summed E-state index contributed by atoms with van der Waals surface area (Å²) in [5.74, 6) is 1.44. The second-order valence-corrected chi connectivity index (χ2v) is 4.32. The molecule has 0 atom stereocenters. The van der Waals surface area contributed by atoms with Gasteiger partial charge < -0.3 is 9.94 Å². The summed E-state index contributed by atoms with van der Waals surface area (Å²) in [6.45, 7) is 0.348. The molecule has 1 aromatic heterocycles. The highest BCUT2D eigenvalue weighted by Gasteiger charge is 2.18. The third-order valence-electron chi connectivity index (χ3n) is 3.13. The Morgan fingerprint density at radius 1 is 1.21 bits per heavy atom. The van der Waals surface area contributed by atoms with E-state index in [1.807, 2.05) is 18.2 Å². The van der Waals surface area contributed by atoms with Crippen molar-refractivity contribution in [3.63, 3.8) is 0 Å². The van der Waals surface area contributed by atoms with Crippen molar-refractivity contribution >= 4 is 5.71 Å². The standard InChI is InChI=1S/C14H13N3O2/c18-17-13-5-2-10-8-11(3-4-12(10)13)19-9-14-15-6-1-7-16-14/h1,3-4,6-8,18H,2,5,9H2/b17-13-. The Hall–Kier alpha value is -2.43. The zero-order valence-corrected chi connectivity index (χ0v) is 10.3. The number of oxime groups is 1. The van der Waals surface area contributed by atoms with Crippen molar-refractivity contribution < 1.29 is 9.94 Å². The Morgan fingerprint density at radius 3 is 2.84 bits per heavy atom. The monoisotopic (exact) mass is 255 g/mol. The molecule has 0 bridgehead atoms. The number of fused-ring (bicyclic) bond motifs is 1. The van der Waals surface area contributed by atoms with Crippen molar-refractivity contribution in [2.75, 3.05) is 0 Å². The van der Waals surface area contributed by atoms with Gasteiger partial charge in [-0.1, -0.05) is 5.16 Å². The summed E-state index contributed by atoms with van der Waals surface area (Å²) in [6.07, 6.45) is 5.04. The zero-order valence-electron chi connectivity index (χ0n) is 10.3. The maximum atomic E-state index is 8.87. The first-order valence-corrected chi connectivity index (χ1v) is 6.10. The van der Waals surface area contributed by atoms with Gasteiger partial charge in [-0.15, -0.1) is 0 Å². The molecule has 0 radical (unpaired) electrons. The molecule has 1 aliphatic rings. The average molecular weight is 255 g/mol. The highest BCUT2D eigenvalue weighted by molar-refractivity contribution is 6.04. The molecule has 0 saturated heterocycles. The van der Waals surface area contributed by atoms with Gasteiger partial charge in [0, 0.05) is 18.0 Å². The lowest BCUT2D eigenvalue weighted by Gasteiger charge is -2.07. The van der Waals surface area contributed by atoms with Crippen LogP contribution in [0.25, 0.3) is 0 Å². The highest BCUT2D eigenvalue weighted by atomic mass is 16.5. The van der Waals surface area contributed by atoms with E-state index in [2.05, 4.69) is 15.1 Å². The fourth-order valence-electron chi connectivity index (χ4n) is 2.19. The minimum absolute atomic E-state index is 0.348. The molecule has 3 rings (SSSR count). The van der Waals surface area contributed by atoms with E-state index < -0.39 is 0 Å². The molecule has 0 saturated carbocycles. The molecule has 0 aliphatic heterocycles. The van der Waals surface area contributed by atoms with Crippen molar-refractivity contribution in [1.29, 1.82) is 0 Å². The Bertz CT molecular complexity index is 611. The Kier molecular flexibility index (Phi) is 3.10. The van der Waals surface area contributed by atoms with Crippen molar-refractivity contribution in [3.8, 4) is 5.75 Å². The molecule has 1 aromatic carbocycles. The predicted molar refractivity (Wildman–Crippen MR) is 69.5 cm³/mol. The molecule has 96 valence electrons. The van der Waals surface area contributed by atoms with E-state index in [0.717, 1.165) is 35.4 Å². The Balaban J connectivity index is 1.74. The molecule has 19 heavy (non-hydrogen) atoms. The number of aromatic nitrogens is 2. The van der Waals surface area contributed by atoms with E-state index in [1.165, 1.54) is 0 Å². The lowest BCUT2D eigenvalue weighted by Crippen LogP contribution is -2.01. The molecule has 1 aliphatic carbocycles. The summed E-state index contributed by atoms with van der Waals surface area (Å²) in [6, 6.07) is 7.56. The topological polar surface area (TPSA) is 67.6 Å². The van der Waals surface area contributed by atoms with Crippen LogP contribution in [0.4, 0.5) is 0 Å². The molecular formula is C14H13N3O2. The van der Waals surface area contributed by atoms with Gasteiger partial charge in [-0.05, 0) is 42.7 Å². The zero-order chi connectivity index (χ0) is 13.1. The number of ether oxygens (including phenoxy) is 1. The Labute approximate surface area is 110 Å². The van der Waals surface area contributed by atoms with Crippen LogP contribution in [0.3, 0.4) is 0 Å². The summed E-state index contributed by atoms with van der Waals surface area (Å²) < 4.78 is 5.66. The maximum absolute atomic E-state index is 8.87. The summed E-state index contributed by atoms with van der Waals surface area (Å²) >= 11 is 0. The highest BCUT2D eigenvalue weighted by Crippen LogP contribution is 2.26. The predicted octanol–water partition coefficient (Wildman–Crippen LogP) is 2.18. The van der Waals surface area contributed by atoms with Gasteiger partial charge >= 0.3 is 0 Å². The summed E-state index contributed by atoms with van der Waals surface area (Å²) in [7, 11) is 0. The van der Waals surface area contributed by atoms with Crippen molar-refractivity contribution in [3.05, 3.63) is 53.6 Å². The molecule has 0 fully saturated rings. The first-order valence-electron chi connectivity index (χ1n) is 6.10. The number of nitrogens with zero attached hydrogens (tertiary/aromatic N) is 3. The molecule has 0 amide bonds. The smallest absolute Gasteiger partial charge is 0.166 e. The molecule has 5 heteroatoms. The minimum Gasteiger partial charge on any atom is -0.486 e. The van der Waals surface area contributed by atoms with Crippen LogP contribution in [0.5, 0.6) is 5.75 Å². The average Bonchev–Trinajstić information content (AvgIpc) is 2.88. The van der Waals surface area contributed by atoms with Crippen LogP contribution in [0.2, 0.25) is 0 Å². The van der Waals surface area contributed by atoms with E-state index in [1.54, 1.807) is 18.5 Å². The van der Waals surface area contributed by atoms with Gasteiger partial charge in [0.1, 0.15) is 12.4 Å². The van der Waals surface area contributed by atoms with E-state index in [9.17, 15) is 0 Å². The van der Waals surface area contributed by atoms with Gasteiger partial charge in [0.05, 0.1) is 5.71 Å². The first-order chi connectivity index (χ1) is 9.36. The van der Waals surface area contributed by atoms with Crippen molar-refractivity contribution in [2.24, 2.45) is 5.16 Å². The maximum Gasteiger partial charge on any atom is 0.166 e. The van der Waals surface area contributed by atoms with Crippen LogP contribution < -0.4 is 4.74 Å². The molecule has 0 unspecified atom stereocenters.